The molecule has 2 rings (SSSR count). The molecule has 0 atom stereocenters. The van der Waals surface area contributed by atoms with E-state index in [1.54, 1.807) is 46.2 Å². The largest absolute Gasteiger partial charge is 0.467 e. The number of amides is 1. The summed E-state index contributed by atoms with van der Waals surface area (Å²) in [6.45, 7) is 5.65. The minimum atomic E-state index is -3.61. The Kier molecular flexibility index (Phi) is 5.15. The number of rotatable bonds is 5. The Morgan fingerprint density at radius 1 is 1.17 bits per heavy atom. The average Bonchev–Trinajstić information content (AvgIpc) is 2.97. The van der Waals surface area contributed by atoms with Crippen LogP contribution in [0.3, 0.4) is 0 Å². The highest BCUT2D eigenvalue weighted by molar-refractivity contribution is 7.89. The lowest BCUT2D eigenvalue weighted by Gasteiger charge is -2.20. The number of carbonyl (C=O) groups excluding carboxylic acids is 1. The molecule has 0 aliphatic carbocycles. The summed E-state index contributed by atoms with van der Waals surface area (Å²) in [7, 11) is -1.95. The Balaban J connectivity index is 2.12. The van der Waals surface area contributed by atoms with Crippen molar-refractivity contribution in [1.82, 2.24) is 9.62 Å². The van der Waals surface area contributed by atoms with Crippen LogP contribution in [0.1, 0.15) is 36.9 Å². The van der Waals surface area contributed by atoms with Crippen molar-refractivity contribution in [3.63, 3.8) is 0 Å². The summed E-state index contributed by atoms with van der Waals surface area (Å²) >= 11 is 0. The first kappa shape index (κ1) is 18.2. The van der Waals surface area contributed by atoms with Crippen LogP contribution in [0, 0.1) is 0 Å². The quantitative estimate of drug-likeness (QED) is 0.899. The van der Waals surface area contributed by atoms with Gasteiger partial charge >= 0.3 is 0 Å². The van der Waals surface area contributed by atoms with Gasteiger partial charge in [0.25, 0.3) is 5.91 Å². The molecule has 0 saturated heterocycles. The van der Waals surface area contributed by atoms with E-state index in [-0.39, 0.29) is 10.8 Å². The number of furan rings is 1. The lowest BCUT2D eigenvalue weighted by atomic mass is 10.1. The van der Waals surface area contributed by atoms with Crippen molar-refractivity contribution in [2.45, 2.75) is 37.8 Å². The van der Waals surface area contributed by atoms with Crippen LogP contribution in [0.2, 0.25) is 0 Å². The van der Waals surface area contributed by atoms with Crippen LogP contribution in [0.5, 0.6) is 0 Å². The van der Waals surface area contributed by atoms with Gasteiger partial charge in [-0.1, -0.05) is 0 Å². The normalized spacial score (nSPS) is 12.2. The second-order valence-corrected chi connectivity index (χ2v) is 8.30. The van der Waals surface area contributed by atoms with Crippen LogP contribution in [-0.2, 0) is 16.6 Å². The predicted octanol–water partition coefficient (Wildman–Crippen LogP) is 2.63. The molecule has 1 aromatic carbocycles. The van der Waals surface area contributed by atoms with Crippen molar-refractivity contribution in [3.05, 3.63) is 54.0 Å². The lowest BCUT2D eigenvalue weighted by Crippen LogP contribution is -2.40. The van der Waals surface area contributed by atoms with Crippen LogP contribution in [0.25, 0.3) is 0 Å². The second-order valence-electron chi connectivity index (χ2n) is 6.62. The zero-order valence-corrected chi connectivity index (χ0v) is 15.1. The minimum absolute atomic E-state index is 0.127. The van der Waals surface area contributed by atoms with Crippen LogP contribution in [0.4, 0.5) is 0 Å². The Morgan fingerprint density at radius 3 is 2.29 bits per heavy atom. The molecule has 2 aromatic rings. The highest BCUT2D eigenvalue weighted by Crippen LogP contribution is 2.15. The third kappa shape index (κ3) is 4.69. The molecule has 24 heavy (non-hydrogen) atoms. The summed E-state index contributed by atoms with van der Waals surface area (Å²) < 4.78 is 32.3. The van der Waals surface area contributed by atoms with Gasteiger partial charge in [0.15, 0.2) is 0 Å². The van der Waals surface area contributed by atoms with E-state index >= 15 is 0 Å². The number of hydrogen-bond acceptors (Lipinski definition) is 4. The maximum absolute atomic E-state index is 12.4. The zero-order chi connectivity index (χ0) is 18.0. The summed E-state index contributed by atoms with van der Waals surface area (Å²) in [4.78, 5) is 14.0. The highest BCUT2D eigenvalue weighted by atomic mass is 32.2. The van der Waals surface area contributed by atoms with E-state index in [2.05, 4.69) is 4.72 Å². The summed E-state index contributed by atoms with van der Waals surface area (Å²) in [5.41, 5.74) is -0.157. The molecule has 130 valence electrons. The van der Waals surface area contributed by atoms with E-state index in [0.29, 0.717) is 17.9 Å². The standard InChI is InChI=1S/C17H22N2O4S/c1-17(2,3)18-24(21,22)15-9-7-13(8-10-15)16(20)19(4)12-14-6-5-11-23-14/h5-11,18H,12H2,1-4H3. The fraction of sp³-hybridized carbons (Fsp3) is 0.353. The number of nitrogens with one attached hydrogen (secondary N) is 1. The van der Waals surface area contributed by atoms with E-state index in [0.717, 1.165) is 0 Å². The van der Waals surface area contributed by atoms with Crippen molar-refractivity contribution >= 4 is 15.9 Å². The molecule has 1 N–H and O–H groups in total. The van der Waals surface area contributed by atoms with Gasteiger partial charge in [-0.2, -0.15) is 0 Å². The summed E-state index contributed by atoms with van der Waals surface area (Å²) in [6, 6.07) is 9.44. The minimum Gasteiger partial charge on any atom is -0.467 e. The summed E-state index contributed by atoms with van der Waals surface area (Å²) in [5, 5.41) is 0. The van der Waals surface area contributed by atoms with Gasteiger partial charge < -0.3 is 9.32 Å². The Morgan fingerprint density at radius 2 is 1.79 bits per heavy atom. The molecule has 0 aliphatic heterocycles. The molecule has 0 unspecified atom stereocenters. The fourth-order valence-corrected chi connectivity index (χ4v) is 3.59. The van der Waals surface area contributed by atoms with E-state index in [1.807, 2.05) is 0 Å². The molecule has 6 nitrogen and oxygen atoms in total. The molecule has 1 aromatic heterocycles. The fourth-order valence-electron chi connectivity index (χ4n) is 2.17. The van der Waals surface area contributed by atoms with E-state index in [9.17, 15) is 13.2 Å². The van der Waals surface area contributed by atoms with E-state index < -0.39 is 15.6 Å². The smallest absolute Gasteiger partial charge is 0.254 e. The number of carbonyl (C=O) groups is 1. The molecule has 0 fully saturated rings. The number of hydrogen-bond donors (Lipinski definition) is 1. The summed E-state index contributed by atoms with van der Waals surface area (Å²) in [5.74, 6) is 0.471. The summed E-state index contributed by atoms with van der Waals surface area (Å²) in [6.07, 6.45) is 1.55. The van der Waals surface area contributed by atoms with Crippen molar-refractivity contribution in [3.8, 4) is 0 Å². The average molecular weight is 350 g/mol. The maximum Gasteiger partial charge on any atom is 0.254 e. The number of benzene rings is 1. The van der Waals surface area contributed by atoms with Crippen molar-refractivity contribution in [1.29, 1.82) is 0 Å². The van der Waals surface area contributed by atoms with Gasteiger partial charge in [-0.25, -0.2) is 13.1 Å². The van der Waals surface area contributed by atoms with Crippen molar-refractivity contribution < 1.29 is 17.6 Å². The van der Waals surface area contributed by atoms with Crippen molar-refractivity contribution in [2.75, 3.05) is 7.05 Å². The molecule has 0 spiro atoms. The molecule has 1 amide bonds. The first-order valence-electron chi connectivity index (χ1n) is 7.50. The second kappa shape index (κ2) is 6.78. The van der Waals surface area contributed by atoms with Crippen LogP contribution >= 0.6 is 0 Å². The van der Waals surface area contributed by atoms with Gasteiger partial charge in [0.1, 0.15) is 5.76 Å². The predicted molar refractivity (Wildman–Crippen MR) is 91.0 cm³/mol. The molecule has 0 aliphatic rings. The third-order valence-electron chi connectivity index (χ3n) is 3.17. The van der Waals surface area contributed by atoms with Gasteiger partial charge in [-0.3, -0.25) is 4.79 Å². The zero-order valence-electron chi connectivity index (χ0n) is 14.2. The van der Waals surface area contributed by atoms with Crippen molar-refractivity contribution in [2.24, 2.45) is 0 Å². The van der Waals surface area contributed by atoms with Gasteiger partial charge in [-0.15, -0.1) is 0 Å². The Hall–Kier alpha value is -2.12. The molecular formula is C17H22N2O4S. The van der Waals surface area contributed by atoms with Crippen LogP contribution < -0.4 is 4.72 Å². The lowest BCUT2D eigenvalue weighted by molar-refractivity contribution is 0.0775. The molecule has 1 heterocycles. The van der Waals surface area contributed by atoms with Crippen LogP contribution in [0.15, 0.2) is 52.0 Å². The first-order valence-corrected chi connectivity index (χ1v) is 8.99. The SMILES string of the molecule is CN(Cc1ccco1)C(=O)c1ccc(S(=O)(=O)NC(C)(C)C)cc1. The van der Waals surface area contributed by atoms with Crippen LogP contribution in [-0.4, -0.2) is 31.8 Å². The molecule has 0 bridgehead atoms. The monoisotopic (exact) mass is 350 g/mol. The number of sulfonamides is 1. The highest BCUT2D eigenvalue weighted by Gasteiger charge is 2.22. The van der Waals surface area contributed by atoms with E-state index in [4.69, 9.17) is 4.42 Å². The maximum atomic E-state index is 12.4. The topological polar surface area (TPSA) is 79.6 Å². The van der Waals surface area contributed by atoms with Gasteiger partial charge in [-0.05, 0) is 57.2 Å². The molecule has 7 heteroatoms. The molecule has 0 saturated carbocycles. The van der Waals surface area contributed by atoms with Gasteiger partial charge in [0.2, 0.25) is 10.0 Å². The first-order chi connectivity index (χ1) is 11.1. The molecular weight excluding hydrogens is 328 g/mol. The number of nitrogens with zero attached hydrogens (tertiary/aromatic N) is 1. The van der Waals surface area contributed by atoms with Gasteiger partial charge in [0, 0.05) is 18.2 Å². The third-order valence-corrected chi connectivity index (χ3v) is 4.95. The van der Waals surface area contributed by atoms with E-state index in [1.165, 1.54) is 29.2 Å². The van der Waals surface area contributed by atoms with Gasteiger partial charge in [0.05, 0.1) is 17.7 Å². The Bertz CT molecular complexity index is 788. The Labute approximate surface area is 142 Å². The molecule has 0 radical (unpaired) electrons.